The first-order valence-electron chi connectivity index (χ1n) is 6.29. The van der Waals surface area contributed by atoms with E-state index in [2.05, 4.69) is 0 Å². The van der Waals surface area contributed by atoms with Crippen molar-refractivity contribution in [3.63, 3.8) is 0 Å². The highest BCUT2D eigenvalue weighted by Crippen LogP contribution is 2.26. The number of nitrogens with two attached hydrogens (primary N) is 1. The molecule has 100 valence electrons. The molecule has 0 aliphatic rings. The number of rotatable bonds is 4. The molecule has 1 atom stereocenters. The van der Waals surface area contributed by atoms with Gasteiger partial charge in [-0.05, 0) is 43.2 Å². The Labute approximate surface area is 119 Å². The van der Waals surface area contributed by atoms with Crippen LogP contribution < -0.4 is 10.5 Å². The molecule has 2 aromatic rings. The Bertz CT molecular complexity index is 566. The second-order valence-corrected chi connectivity index (χ2v) is 5.18. The molecule has 0 saturated carbocycles. The van der Waals surface area contributed by atoms with Crippen LogP contribution in [0.25, 0.3) is 0 Å². The Morgan fingerprint density at radius 2 is 2.00 bits per heavy atom. The summed E-state index contributed by atoms with van der Waals surface area (Å²) in [6, 6.07) is 13.7. The Kier molecular flexibility index (Phi) is 4.46. The third-order valence-electron chi connectivity index (χ3n) is 2.94. The van der Waals surface area contributed by atoms with E-state index in [-0.39, 0.29) is 6.04 Å². The van der Waals surface area contributed by atoms with Gasteiger partial charge in [-0.2, -0.15) is 0 Å². The van der Waals surface area contributed by atoms with Crippen LogP contribution in [0.3, 0.4) is 0 Å². The van der Waals surface area contributed by atoms with Crippen molar-refractivity contribution in [3.05, 3.63) is 64.2 Å². The summed E-state index contributed by atoms with van der Waals surface area (Å²) in [6.07, 6.45) is 0. The molecular weight excluding hydrogens is 258 g/mol. The lowest BCUT2D eigenvalue weighted by Crippen LogP contribution is -2.08. The van der Waals surface area contributed by atoms with E-state index in [0.717, 1.165) is 27.5 Å². The average Bonchev–Trinajstić information content (AvgIpc) is 2.36. The fourth-order valence-corrected chi connectivity index (χ4v) is 2.14. The van der Waals surface area contributed by atoms with Gasteiger partial charge in [0.15, 0.2) is 0 Å². The van der Waals surface area contributed by atoms with Crippen molar-refractivity contribution >= 4 is 11.6 Å². The summed E-state index contributed by atoms with van der Waals surface area (Å²) in [5.74, 6) is 0.843. The van der Waals surface area contributed by atoms with Gasteiger partial charge < -0.3 is 10.5 Å². The maximum absolute atomic E-state index is 5.96. The molecule has 0 aliphatic heterocycles. The maximum Gasteiger partial charge on any atom is 0.124 e. The zero-order chi connectivity index (χ0) is 13.8. The third-order valence-corrected chi connectivity index (χ3v) is 3.18. The van der Waals surface area contributed by atoms with Gasteiger partial charge in [0.05, 0.1) is 0 Å². The fraction of sp³-hybridized carbons (Fsp3) is 0.250. The normalized spacial score (nSPS) is 12.2. The Morgan fingerprint density at radius 1 is 1.21 bits per heavy atom. The molecule has 0 fully saturated rings. The number of aryl methyl sites for hydroxylation is 1. The van der Waals surface area contributed by atoms with Gasteiger partial charge in [-0.25, -0.2) is 0 Å². The highest BCUT2D eigenvalue weighted by Gasteiger charge is 2.08. The summed E-state index contributed by atoms with van der Waals surface area (Å²) in [7, 11) is 0. The lowest BCUT2D eigenvalue weighted by atomic mass is 10.1. The first-order chi connectivity index (χ1) is 9.06. The third kappa shape index (κ3) is 3.72. The molecule has 0 heterocycles. The van der Waals surface area contributed by atoms with Gasteiger partial charge in [-0.15, -0.1) is 0 Å². The highest BCUT2D eigenvalue weighted by molar-refractivity contribution is 6.30. The van der Waals surface area contributed by atoms with Crippen molar-refractivity contribution < 1.29 is 4.74 Å². The standard InChI is InChI=1S/C16H18ClNO/c1-11-6-7-15(12(2)18)16(8-11)19-10-13-4-3-5-14(17)9-13/h3-9,12H,10,18H2,1-2H3/t12-/m0/s1. The number of benzene rings is 2. The molecule has 3 heteroatoms. The molecule has 2 N–H and O–H groups in total. The van der Waals surface area contributed by atoms with Crippen molar-refractivity contribution in [2.75, 3.05) is 0 Å². The van der Waals surface area contributed by atoms with E-state index in [1.807, 2.05) is 56.3 Å². The van der Waals surface area contributed by atoms with Crippen molar-refractivity contribution in [1.82, 2.24) is 0 Å². The van der Waals surface area contributed by atoms with Gasteiger partial charge in [0.1, 0.15) is 12.4 Å². The van der Waals surface area contributed by atoms with Crippen LogP contribution in [-0.2, 0) is 6.61 Å². The first kappa shape index (κ1) is 13.9. The van der Waals surface area contributed by atoms with Crippen molar-refractivity contribution in [1.29, 1.82) is 0 Å². The van der Waals surface area contributed by atoms with Crippen molar-refractivity contribution in [2.24, 2.45) is 5.73 Å². The van der Waals surface area contributed by atoms with Gasteiger partial charge in [0, 0.05) is 16.6 Å². The molecule has 0 radical (unpaired) electrons. The van der Waals surface area contributed by atoms with Crippen molar-refractivity contribution in [3.8, 4) is 5.75 Å². The molecule has 2 rings (SSSR count). The van der Waals surface area contributed by atoms with Crippen LogP contribution in [0.2, 0.25) is 5.02 Å². The van der Waals surface area contributed by atoms with E-state index >= 15 is 0 Å². The predicted molar refractivity (Wildman–Crippen MR) is 79.6 cm³/mol. The number of ether oxygens (including phenoxy) is 1. The topological polar surface area (TPSA) is 35.2 Å². The summed E-state index contributed by atoms with van der Waals surface area (Å²) < 4.78 is 5.88. The molecule has 19 heavy (non-hydrogen) atoms. The summed E-state index contributed by atoms with van der Waals surface area (Å²) in [6.45, 7) is 4.48. The minimum absolute atomic E-state index is 0.0463. The quantitative estimate of drug-likeness (QED) is 0.905. The van der Waals surface area contributed by atoms with Gasteiger partial charge >= 0.3 is 0 Å². The molecule has 0 spiro atoms. The Morgan fingerprint density at radius 3 is 2.68 bits per heavy atom. The number of halogens is 1. The number of hydrogen-bond acceptors (Lipinski definition) is 2. The van der Waals surface area contributed by atoms with Crippen LogP contribution >= 0.6 is 11.6 Å². The molecular formula is C16H18ClNO. The Balaban J connectivity index is 2.17. The number of hydrogen-bond donors (Lipinski definition) is 1. The fourth-order valence-electron chi connectivity index (χ4n) is 1.93. The van der Waals surface area contributed by atoms with Crippen LogP contribution in [-0.4, -0.2) is 0 Å². The van der Waals surface area contributed by atoms with Gasteiger partial charge in [0.2, 0.25) is 0 Å². The van der Waals surface area contributed by atoms with Gasteiger partial charge in [0.25, 0.3) is 0 Å². The zero-order valence-corrected chi connectivity index (χ0v) is 11.9. The lowest BCUT2D eigenvalue weighted by molar-refractivity contribution is 0.301. The van der Waals surface area contributed by atoms with E-state index in [9.17, 15) is 0 Å². The second kappa shape index (κ2) is 6.09. The molecule has 2 nitrogen and oxygen atoms in total. The SMILES string of the molecule is Cc1ccc([C@H](C)N)c(OCc2cccc(Cl)c2)c1. The molecule has 0 aliphatic carbocycles. The summed E-state index contributed by atoms with van der Waals surface area (Å²) in [4.78, 5) is 0. The zero-order valence-electron chi connectivity index (χ0n) is 11.2. The lowest BCUT2D eigenvalue weighted by Gasteiger charge is -2.15. The highest BCUT2D eigenvalue weighted by atomic mass is 35.5. The second-order valence-electron chi connectivity index (χ2n) is 4.75. The predicted octanol–water partition coefficient (Wildman–Crippen LogP) is 4.25. The maximum atomic E-state index is 5.96. The van der Waals surface area contributed by atoms with Gasteiger partial charge in [-0.3, -0.25) is 0 Å². The molecule has 0 saturated heterocycles. The van der Waals surface area contributed by atoms with E-state index < -0.39 is 0 Å². The smallest absolute Gasteiger partial charge is 0.124 e. The molecule has 0 amide bonds. The van der Waals surface area contributed by atoms with Gasteiger partial charge in [-0.1, -0.05) is 35.9 Å². The molecule has 0 bridgehead atoms. The van der Waals surface area contributed by atoms with E-state index in [4.69, 9.17) is 22.1 Å². The van der Waals surface area contributed by atoms with E-state index in [0.29, 0.717) is 6.61 Å². The molecule has 0 unspecified atom stereocenters. The van der Waals surface area contributed by atoms with Crippen LogP contribution in [0, 0.1) is 6.92 Å². The van der Waals surface area contributed by atoms with E-state index in [1.165, 1.54) is 0 Å². The molecule has 2 aromatic carbocycles. The van der Waals surface area contributed by atoms with Crippen LogP contribution in [0.5, 0.6) is 5.75 Å². The summed E-state index contributed by atoms with van der Waals surface area (Å²) in [5.41, 5.74) is 9.18. The molecule has 0 aromatic heterocycles. The minimum atomic E-state index is -0.0463. The van der Waals surface area contributed by atoms with E-state index in [1.54, 1.807) is 0 Å². The van der Waals surface area contributed by atoms with Crippen LogP contribution in [0.15, 0.2) is 42.5 Å². The summed E-state index contributed by atoms with van der Waals surface area (Å²) >= 11 is 5.96. The van der Waals surface area contributed by atoms with Crippen molar-refractivity contribution in [2.45, 2.75) is 26.5 Å². The largest absolute Gasteiger partial charge is 0.489 e. The first-order valence-corrected chi connectivity index (χ1v) is 6.67. The minimum Gasteiger partial charge on any atom is -0.489 e. The summed E-state index contributed by atoms with van der Waals surface area (Å²) in [5, 5.41) is 0.720. The monoisotopic (exact) mass is 275 g/mol. The van der Waals surface area contributed by atoms with Crippen LogP contribution in [0.1, 0.15) is 29.7 Å². The average molecular weight is 276 g/mol. The van der Waals surface area contributed by atoms with Crippen LogP contribution in [0.4, 0.5) is 0 Å². The Hall–Kier alpha value is -1.51.